The molecule has 3 heterocycles. The molecule has 2 bridgehead atoms. The van der Waals surface area contributed by atoms with E-state index in [1.165, 1.54) is 6.08 Å². The van der Waals surface area contributed by atoms with Crippen LogP contribution in [0.4, 0.5) is 0 Å². The molecule has 1 spiro atoms. The molecule has 0 aromatic heterocycles. The fourth-order valence-electron chi connectivity index (χ4n) is 6.05. The van der Waals surface area contributed by atoms with Crippen molar-refractivity contribution in [3.8, 4) is 0 Å². The van der Waals surface area contributed by atoms with Crippen molar-refractivity contribution >= 4 is 29.5 Å². The number of carbonyl (C=O) groups excluding carboxylic acids is 3. The molecule has 35 heavy (non-hydrogen) atoms. The first-order chi connectivity index (χ1) is 16.9. The maximum atomic E-state index is 14.3. The summed E-state index contributed by atoms with van der Waals surface area (Å²) in [5, 5.41) is 10.1. The Morgan fingerprint density at radius 2 is 2.06 bits per heavy atom. The molecule has 1 N–H and O–H groups in total. The van der Waals surface area contributed by atoms with Crippen LogP contribution >= 0.6 is 11.8 Å². The normalized spacial score (nSPS) is 29.5. The van der Waals surface area contributed by atoms with Gasteiger partial charge in [-0.1, -0.05) is 56.0 Å². The van der Waals surface area contributed by atoms with Crippen LogP contribution in [0.15, 0.2) is 55.6 Å². The Balaban J connectivity index is 1.73. The number of benzene rings is 1. The van der Waals surface area contributed by atoms with Crippen LogP contribution in [-0.2, 0) is 25.7 Å². The molecule has 1 aromatic carbocycles. The summed E-state index contributed by atoms with van der Waals surface area (Å²) in [6.45, 7) is 9.91. The van der Waals surface area contributed by atoms with Crippen molar-refractivity contribution in [3.63, 3.8) is 0 Å². The van der Waals surface area contributed by atoms with E-state index in [0.29, 0.717) is 25.9 Å². The van der Waals surface area contributed by atoms with E-state index < -0.39 is 34.6 Å². The average molecular weight is 499 g/mol. The number of ether oxygens (including phenoxy) is 1. The van der Waals surface area contributed by atoms with Crippen LogP contribution in [-0.4, -0.2) is 74.5 Å². The van der Waals surface area contributed by atoms with Crippen molar-refractivity contribution in [2.24, 2.45) is 11.8 Å². The zero-order chi connectivity index (χ0) is 25.2. The lowest BCUT2D eigenvalue weighted by Gasteiger charge is -2.39. The largest absolute Gasteiger partial charge is 0.461 e. The van der Waals surface area contributed by atoms with Gasteiger partial charge in [-0.05, 0) is 24.8 Å². The number of hydrogen-bond donors (Lipinski definition) is 1. The standard InChI is InChI=1S/C27H34N2O5S/c1-4-14-28(16-18-10-8-7-9-11-18)25(32)23-27-13-12-20(35-27)21(26(33)34-15-5-2)22(27)24(31)29(23)19(6-3)17-30/h4-5,7-11,19-23,30H,1-2,6,12-17H2,3H3/t19-,20-,21+,22-,23?,27?/m0/s1. The summed E-state index contributed by atoms with van der Waals surface area (Å²) in [6, 6.07) is 8.46. The SMILES string of the molecule is C=CCOC(=O)[C@@H]1[C@@H]2CCC3(S2)C(C(=O)N(CC=C)Cc2ccccc2)N([C@@H](CC)CO)C(=O)[C@H]13. The second-order valence-electron chi connectivity index (χ2n) is 9.46. The van der Waals surface area contributed by atoms with Gasteiger partial charge in [-0.2, -0.15) is 0 Å². The van der Waals surface area contributed by atoms with Crippen LogP contribution < -0.4 is 0 Å². The second kappa shape index (κ2) is 10.6. The van der Waals surface area contributed by atoms with Crippen LogP contribution in [0.1, 0.15) is 31.7 Å². The third-order valence-corrected chi connectivity index (χ3v) is 9.49. The maximum absolute atomic E-state index is 14.3. The summed E-state index contributed by atoms with van der Waals surface area (Å²) >= 11 is 1.60. The Morgan fingerprint density at radius 1 is 1.31 bits per heavy atom. The topological polar surface area (TPSA) is 87.2 Å². The molecule has 6 atom stereocenters. The van der Waals surface area contributed by atoms with Crippen LogP contribution in [0.5, 0.6) is 0 Å². The molecule has 7 nitrogen and oxygen atoms in total. The molecule has 1 aromatic rings. The van der Waals surface area contributed by atoms with Gasteiger partial charge in [-0.3, -0.25) is 14.4 Å². The van der Waals surface area contributed by atoms with Crippen LogP contribution in [0, 0.1) is 11.8 Å². The van der Waals surface area contributed by atoms with E-state index in [4.69, 9.17) is 4.74 Å². The monoisotopic (exact) mass is 498 g/mol. The lowest BCUT2D eigenvalue weighted by Crippen LogP contribution is -2.57. The number of aliphatic hydroxyl groups excluding tert-OH is 1. The molecular formula is C27H34N2O5S. The van der Waals surface area contributed by atoms with Crippen molar-refractivity contribution in [2.45, 2.75) is 54.8 Å². The molecule has 3 saturated heterocycles. The predicted molar refractivity (Wildman–Crippen MR) is 135 cm³/mol. The van der Waals surface area contributed by atoms with Crippen molar-refractivity contribution < 1.29 is 24.2 Å². The second-order valence-corrected chi connectivity index (χ2v) is 11.1. The van der Waals surface area contributed by atoms with Crippen molar-refractivity contribution in [1.29, 1.82) is 0 Å². The number of amides is 2. The molecule has 8 heteroatoms. The van der Waals surface area contributed by atoms with Crippen molar-refractivity contribution in [3.05, 3.63) is 61.2 Å². The van der Waals surface area contributed by atoms with Crippen LogP contribution in [0.3, 0.4) is 0 Å². The lowest BCUT2D eigenvalue weighted by molar-refractivity contribution is -0.153. The number of rotatable bonds is 11. The highest BCUT2D eigenvalue weighted by atomic mass is 32.2. The summed E-state index contributed by atoms with van der Waals surface area (Å²) in [5.41, 5.74) is 0.982. The van der Waals surface area contributed by atoms with Gasteiger partial charge < -0.3 is 19.6 Å². The fourth-order valence-corrected chi connectivity index (χ4v) is 8.23. The number of carbonyl (C=O) groups is 3. The number of hydrogen-bond acceptors (Lipinski definition) is 6. The minimum Gasteiger partial charge on any atom is -0.461 e. The van der Waals surface area contributed by atoms with Gasteiger partial charge in [0.2, 0.25) is 11.8 Å². The van der Waals surface area contributed by atoms with Gasteiger partial charge in [-0.25, -0.2) is 0 Å². The molecular weight excluding hydrogens is 464 g/mol. The molecule has 3 aliphatic rings. The highest BCUT2D eigenvalue weighted by Gasteiger charge is 2.74. The summed E-state index contributed by atoms with van der Waals surface area (Å²) in [4.78, 5) is 44.6. The summed E-state index contributed by atoms with van der Waals surface area (Å²) in [6.07, 6.45) is 5.13. The number of likely N-dealkylation sites (tertiary alicyclic amines) is 1. The summed E-state index contributed by atoms with van der Waals surface area (Å²) in [5.74, 6) is -2.03. The number of fused-ring (bicyclic) bond motifs is 1. The molecule has 0 radical (unpaired) electrons. The molecule has 2 amide bonds. The van der Waals surface area contributed by atoms with E-state index in [1.54, 1.807) is 27.6 Å². The average Bonchev–Trinajstić information content (AvgIpc) is 3.51. The quantitative estimate of drug-likeness (QED) is 0.373. The molecule has 0 saturated carbocycles. The Labute approximate surface area is 211 Å². The van der Waals surface area contributed by atoms with E-state index in [9.17, 15) is 19.5 Å². The fraction of sp³-hybridized carbons (Fsp3) is 0.519. The van der Waals surface area contributed by atoms with E-state index in [2.05, 4.69) is 13.2 Å². The van der Waals surface area contributed by atoms with Crippen molar-refractivity contribution in [1.82, 2.24) is 9.80 Å². The zero-order valence-corrected chi connectivity index (χ0v) is 21.0. The van der Waals surface area contributed by atoms with Gasteiger partial charge in [0.1, 0.15) is 12.6 Å². The van der Waals surface area contributed by atoms with E-state index in [-0.39, 0.29) is 30.3 Å². The minimum absolute atomic E-state index is 0.0603. The Bertz CT molecular complexity index is 981. The third-order valence-electron chi connectivity index (χ3n) is 7.54. The van der Waals surface area contributed by atoms with E-state index >= 15 is 0 Å². The maximum Gasteiger partial charge on any atom is 0.311 e. The first-order valence-corrected chi connectivity index (χ1v) is 13.1. The van der Waals surface area contributed by atoms with E-state index in [0.717, 1.165) is 12.0 Å². The van der Waals surface area contributed by atoms with Gasteiger partial charge in [-0.15, -0.1) is 18.3 Å². The Hall–Kier alpha value is -2.58. The molecule has 3 fully saturated rings. The first kappa shape index (κ1) is 25.5. The van der Waals surface area contributed by atoms with Crippen LogP contribution in [0.2, 0.25) is 0 Å². The third kappa shape index (κ3) is 4.31. The Kier molecular flexibility index (Phi) is 7.71. The number of aliphatic hydroxyl groups is 1. The molecule has 3 aliphatic heterocycles. The van der Waals surface area contributed by atoms with Gasteiger partial charge in [0.25, 0.3) is 0 Å². The Morgan fingerprint density at radius 3 is 2.69 bits per heavy atom. The summed E-state index contributed by atoms with van der Waals surface area (Å²) < 4.78 is 4.68. The zero-order valence-electron chi connectivity index (χ0n) is 20.2. The summed E-state index contributed by atoms with van der Waals surface area (Å²) in [7, 11) is 0. The van der Waals surface area contributed by atoms with Crippen molar-refractivity contribution in [2.75, 3.05) is 19.8 Å². The first-order valence-electron chi connectivity index (χ1n) is 12.2. The number of thioether (sulfide) groups is 1. The van der Waals surface area contributed by atoms with Crippen LogP contribution in [0.25, 0.3) is 0 Å². The molecule has 4 rings (SSSR count). The lowest BCUT2D eigenvalue weighted by atomic mass is 9.71. The highest BCUT2D eigenvalue weighted by molar-refractivity contribution is 8.02. The minimum atomic E-state index is -0.757. The van der Waals surface area contributed by atoms with Gasteiger partial charge in [0.15, 0.2) is 0 Å². The molecule has 2 unspecified atom stereocenters. The number of nitrogens with zero attached hydrogens (tertiary/aromatic N) is 2. The van der Waals surface area contributed by atoms with Gasteiger partial charge >= 0.3 is 5.97 Å². The smallest absolute Gasteiger partial charge is 0.311 e. The van der Waals surface area contributed by atoms with Gasteiger partial charge in [0, 0.05) is 18.3 Å². The van der Waals surface area contributed by atoms with E-state index in [1.807, 2.05) is 37.3 Å². The number of esters is 1. The predicted octanol–water partition coefficient (Wildman–Crippen LogP) is 2.79. The van der Waals surface area contributed by atoms with Gasteiger partial charge in [0.05, 0.1) is 29.2 Å². The molecule has 0 aliphatic carbocycles. The molecule has 188 valence electrons. The highest BCUT2D eigenvalue weighted by Crippen LogP contribution is 2.67.